The SMILES string of the molecule is Cc1c(C(=O)N2CC(C)CC(C)C2)cnn1-c1ccc(=O)[nH]n1. The van der Waals surface area contributed by atoms with Crippen LogP contribution in [0.4, 0.5) is 0 Å². The maximum Gasteiger partial charge on any atom is 0.264 e. The van der Waals surface area contributed by atoms with E-state index in [1.807, 2.05) is 11.8 Å². The van der Waals surface area contributed by atoms with Crippen LogP contribution in [0, 0.1) is 18.8 Å². The van der Waals surface area contributed by atoms with E-state index in [2.05, 4.69) is 29.1 Å². The molecule has 2 unspecified atom stereocenters. The first kappa shape index (κ1) is 15.5. The number of hydrogen-bond donors (Lipinski definition) is 1. The van der Waals surface area contributed by atoms with Crippen molar-refractivity contribution < 1.29 is 4.79 Å². The minimum absolute atomic E-state index is 0.0107. The van der Waals surface area contributed by atoms with E-state index in [1.54, 1.807) is 16.9 Å². The van der Waals surface area contributed by atoms with Crippen LogP contribution in [0.15, 0.2) is 23.1 Å². The molecule has 3 heterocycles. The lowest BCUT2D eigenvalue weighted by molar-refractivity contribution is 0.0622. The zero-order valence-electron chi connectivity index (χ0n) is 13.6. The molecule has 0 radical (unpaired) electrons. The number of carbonyl (C=O) groups excluding carboxylic acids is 1. The van der Waals surface area contributed by atoms with Crippen molar-refractivity contribution in [1.29, 1.82) is 0 Å². The summed E-state index contributed by atoms with van der Waals surface area (Å²) in [6, 6.07) is 2.97. The zero-order chi connectivity index (χ0) is 16.6. The molecule has 1 aliphatic rings. The monoisotopic (exact) mass is 315 g/mol. The smallest absolute Gasteiger partial charge is 0.264 e. The van der Waals surface area contributed by atoms with Crippen molar-refractivity contribution in [3.63, 3.8) is 0 Å². The summed E-state index contributed by atoms with van der Waals surface area (Å²) in [4.78, 5) is 25.8. The number of amides is 1. The summed E-state index contributed by atoms with van der Waals surface area (Å²) < 4.78 is 1.57. The third-order valence-electron chi connectivity index (χ3n) is 4.28. The normalized spacial score (nSPS) is 21.4. The van der Waals surface area contributed by atoms with Gasteiger partial charge in [-0.1, -0.05) is 13.8 Å². The molecule has 1 aliphatic heterocycles. The van der Waals surface area contributed by atoms with Gasteiger partial charge in [0.05, 0.1) is 17.5 Å². The summed E-state index contributed by atoms with van der Waals surface area (Å²) >= 11 is 0. The lowest BCUT2D eigenvalue weighted by Crippen LogP contribution is -2.42. The maximum atomic E-state index is 12.8. The van der Waals surface area contributed by atoms with Crippen molar-refractivity contribution in [3.8, 4) is 5.82 Å². The number of nitrogens with one attached hydrogen (secondary N) is 1. The molecule has 2 atom stereocenters. The first-order valence-corrected chi connectivity index (χ1v) is 7.85. The van der Waals surface area contributed by atoms with Crippen molar-refractivity contribution in [2.75, 3.05) is 13.1 Å². The molecule has 7 nitrogen and oxygen atoms in total. The Labute approximate surface area is 134 Å². The Morgan fingerprint density at radius 3 is 2.57 bits per heavy atom. The molecule has 3 rings (SSSR count). The third-order valence-corrected chi connectivity index (χ3v) is 4.28. The lowest BCUT2D eigenvalue weighted by Gasteiger charge is -2.34. The predicted octanol–water partition coefficient (Wildman–Crippen LogP) is 1.38. The number of nitrogens with zero attached hydrogens (tertiary/aromatic N) is 4. The molecule has 0 saturated carbocycles. The highest BCUT2D eigenvalue weighted by molar-refractivity contribution is 5.95. The molecule has 2 aromatic rings. The number of piperidine rings is 1. The topological polar surface area (TPSA) is 83.9 Å². The average Bonchev–Trinajstić information content (AvgIpc) is 2.88. The second-order valence-corrected chi connectivity index (χ2v) is 6.49. The van der Waals surface area contributed by atoms with Gasteiger partial charge in [-0.25, -0.2) is 9.78 Å². The Morgan fingerprint density at radius 2 is 1.96 bits per heavy atom. The molecular weight excluding hydrogens is 294 g/mol. The van der Waals surface area contributed by atoms with Crippen LogP contribution in [-0.2, 0) is 0 Å². The average molecular weight is 315 g/mol. The van der Waals surface area contributed by atoms with Crippen LogP contribution >= 0.6 is 0 Å². The van der Waals surface area contributed by atoms with E-state index in [-0.39, 0.29) is 11.5 Å². The van der Waals surface area contributed by atoms with Gasteiger partial charge in [0.2, 0.25) is 0 Å². The van der Waals surface area contributed by atoms with Crippen LogP contribution in [-0.4, -0.2) is 43.9 Å². The van der Waals surface area contributed by atoms with E-state index in [0.29, 0.717) is 23.2 Å². The third kappa shape index (κ3) is 3.04. The fraction of sp³-hybridized carbons (Fsp3) is 0.500. The van der Waals surface area contributed by atoms with Crippen molar-refractivity contribution >= 4 is 5.91 Å². The molecule has 0 spiro atoms. The summed E-state index contributed by atoms with van der Waals surface area (Å²) in [6.07, 6.45) is 2.73. The Balaban J connectivity index is 1.88. The standard InChI is InChI=1S/C16H21N5O2/c1-10-6-11(2)9-20(8-10)16(23)13-7-17-21(12(13)3)14-4-5-15(22)19-18-14/h4-5,7,10-11H,6,8-9H2,1-3H3,(H,19,22). The minimum atomic E-state index is -0.272. The van der Waals surface area contributed by atoms with E-state index in [0.717, 1.165) is 25.2 Å². The number of carbonyl (C=O) groups is 1. The van der Waals surface area contributed by atoms with Gasteiger partial charge in [0.1, 0.15) is 0 Å². The largest absolute Gasteiger partial charge is 0.338 e. The second-order valence-electron chi connectivity index (χ2n) is 6.49. The van der Waals surface area contributed by atoms with E-state index in [9.17, 15) is 9.59 Å². The zero-order valence-corrected chi connectivity index (χ0v) is 13.6. The summed E-state index contributed by atoms with van der Waals surface area (Å²) in [7, 11) is 0. The summed E-state index contributed by atoms with van der Waals surface area (Å²) in [5.41, 5.74) is 1.03. The predicted molar refractivity (Wildman–Crippen MR) is 85.6 cm³/mol. The minimum Gasteiger partial charge on any atom is -0.338 e. The van der Waals surface area contributed by atoms with Gasteiger partial charge < -0.3 is 4.90 Å². The van der Waals surface area contributed by atoms with E-state index in [1.165, 1.54) is 6.07 Å². The fourth-order valence-corrected chi connectivity index (χ4v) is 3.30. The highest BCUT2D eigenvalue weighted by atomic mass is 16.2. The van der Waals surface area contributed by atoms with Crippen LogP contribution < -0.4 is 5.56 Å². The van der Waals surface area contributed by atoms with Crippen molar-refractivity contribution in [3.05, 3.63) is 39.9 Å². The van der Waals surface area contributed by atoms with Crippen LogP contribution in [0.2, 0.25) is 0 Å². The van der Waals surface area contributed by atoms with E-state index in [4.69, 9.17) is 0 Å². The molecule has 1 fully saturated rings. The van der Waals surface area contributed by atoms with Crippen LogP contribution in [0.3, 0.4) is 0 Å². The molecule has 7 heteroatoms. The van der Waals surface area contributed by atoms with E-state index < -0.39 is 0 Å². The molecule has 1 saturated heterocycles. The maximum absolute atomic E-state index is 12.8. The molecule has 122 valence electrons. The van der Waals surface area contributed by atoms with Gasteiger partial charge in [0.15, 0.2) is 5.82 Å². The number of aromatic amines is 1. The van der Waals surface area contributed by atoms with Crippen molar-refractivity contribution in [2.45, 2.75) is 27.2 Å². The second kappa shape index (κ2) is 5.98. The Morgan fingerprint density at radius 1 is 1.26 bits per heavy atom. The van der Waals surface area contributed by atoms with E-state index >= 15 is 0 Å². The fourth-order valence-electron chi connectivity index (χ4n) is 3.30. The van der Waals surface area contributed by atoms with Crippen LogP contribution in [0.25, 0.3) is 5.82 Å². The first-order valence-electron chi connectivity index (χ1n) is 7.85. The highest BCUT2D eigenvalue weighted by Gasteiger charge is 2.28. The molecule has 2 aromatic heterocycles. The van der Waals surface area contributed by atoms with Gasteiger partial charge in [-0.3, -0.25) is 9.59 Å². The summed E-state index contributed by atoms with van der Waals surface area (Å²) in [6.45, 7) is 7.76. The number of likely N-dealkylation sites (tertiary alicyclic amines) is 1. The summed E-state index contributed by atoms with van der Waals surface area (Å²) in [5, 5.41) is 10.6. The van der Waals surface area contributed by atoms with Crippen molar-refractivity contribution in [1.82, 2.24) is 24.9 Å². The molecule has 0 bridgehead atoms. The van der Waals surface area contributed by atoms with Gasteiger partial charge in [-0.2, -0.15) is 10.2 Å². The van der Waals surface area contributed by atoms with Crippen molar-refractivity contribution in [2.24, 2.45) is 11.8 Å². The van der Waals surface area contributed by atoms with Crippen LogP contribution in [0.5, 0.6) is 0 Å². The summed E-state index contributed by atoms with van der Waals surface area (Å²) in [5.74, 6) is 1.52. The number of hydrogen-bond acceptors (Lipinski definition) is 4. The van der Waals surface area contributed by atoms with Gasteiger partial charge >= 0.3 is 0 Å². The first-order chi connectivity index (χ1) is 11.0. The van der Waals surface area contributed by atoms with Gasteiger partial charge in [0, 0.05) is 19.2 Å². The van der Waals surface area contributed by atoms with Gasteiger partial charge in [0.25, 0.3) is 11.5 Å². The quantitative estimate of drug-likeness (QED) is 0.907. The molecule has 1 amide bonds. The number of H-pyrrole nitrogens is 1. The Kier molecular flexibility index (Phi) is 4.02. The Hall–Kier alpha value is -2.44. The number of rotatable bonds is 2. The molecule has 0 aromatic carbocycles. The Bertz CT molecular complexity index is 749. The highest BCUT2D eigenvalue weighted by Crippen LogP contribution is 2.23. The molecular formula is C16H21N5O2. The molecule has 1 N–H and O–H groups in total. The molecule has 0 aliphatic carbocycles. The number of aromatic nitrogens is 4. The van der Waals surface area contributed by atoms with Crippen LogP contribution in [0.1, 0.15) is 36.3 Å². The molecule has 23 heavy (non-hydrogen) atoms. The lowest BCUT2D eigenvalue weighted by atomic mass is 9.91. The van der Waals surface area contributed by atoms with Gasteiger partial charge in [-0.15, -0.1) is 0 Å². The van der Waals surface area contributed by atoms with Gasteiger partial charge in [-0.05, 0) is 31.2 Å².